The highest BCUT2D eigenvalue weighted by molar-refractivity contribution is 7.17. The van der Waals surface area contributed by atoms with E-state index in [1.54, 1.807) is 6.07 Å². The number of carboxylic acid groups (broad SMARTS) is 1. The SMILES string of the molecule is CCN(C)Cc1ccccc1C(=O)Nc1sc2c(c1C(=O)O)CC(C)(C)CC2. The summed E-state index contributed by atoms with van der Waals surface area (Å²) in [6.07, 6.45) is 2.62. The third-order valence-corrected chi connectivity index (χ3v) is 6.67. The Balaban J connectivity index is 1.92. The molecule has 1 aliphatic carbocycles. The van der Waals surface area contributed by atoms with E-state index in [0.717, 1.165) is 41.8 Å². The van der Waals surface area contributed by atoms with Gasteiger partial charge in [0.25, 0.3) is 5.91 Å². The molecule has 0 radical (unpaired) electrons. The zero-order valence-electron chi connectivity index (χ0n) is 17.0. The summed E-state index contributed by atoms with van der Waals surface area (Å²) < 4.78 is 0. The molecule has 0 spiro atoms. The first kappa shape index (κ1) is 20.6. The summed E-state index contributed by atoms with van der Waals surface area (Å²) >= 11 is 1.42. The Morgan fingerprint density at radius 3 is 2.68 bits per heavy atom. The number of aromatic carboxylic acids is 1. The van der Waals surface area contributed by atoms with E-state index in [-0.39, 0.29) is 16.9 Å². The molecule has 6 heteroatoms. The van der Waals surface area contributed by atoms with Crippen molar-refractivity contribution in [1.29, 1.82) is 0 Å². The van der Waals surface area contributed by atoms with Crippen LogP contribution in [0.25, 0.3) is 0 Å². The van der Waals surface area contributed by atoms with Crippen molar-refractivity contribution in [3.63, 3.8) is 0 Å². The highest BCUT2D eigenvalue weighted by atomic mass is 32.1. The number of carboxylic acids is 1. The third kappa shape index (κ3) is 4.28. The minimum absolute atomic E-state index is 0.0802. The molecule has 0 saturated heterocycles. The van der Waals surface area contributed by atoms with Gasteiger partial charge in [0, 0.05) is 17.0 Å². The minimum Gasteiger partial charge on any atom is -0.478 e. The predicted molar refractivity (Wildman–Crippen MR) is 113 cm³/mol. The fourth-order valence-electron chi connectivity index (χ4n) is 3.69. The van der Waals surface area contributed by atoms with Crippen molar-refractivity contribution >= 4 is 28.2 Å². The fourth-order valence-corrected chi connectivity index (χ4v) is 4.89. The van der Waals surface area contributed by atoms with Crippen LogP contribution in [0, 0.1) is 5.41 Å². The van der Waals surface area contributed by atoms with Gasteiger partial charge in [0.1, 0.15) is 5.00 Å². The number of amides is 1. The van der Waals surface area contributed by atoms with Crippen molar-refractivity contribution in [3.05, 3.63) is 51.4 Å². The van der Waals surface area contributed by atoms with E-state index in [0.29, 0.717) is 17.1 Å². The summed E-state index contributed by atoms with van der Waals surface area (Å²) in [6, 6.07) is 7.50. The molecule has 2 aromatic rings. The lowest BCUT2D eigenvalue weighted by molar-refractivity contribution is 0.0696. The zero-order chi connectivity index (χ0) is 20.5. The van der Waals surface area contributed by atoms with E-state index in [1.165, 1.54) is 11.3 Å². The number of hydrogen-bond acceptors (Lipinski definition) is 4. The molecule has 1 amide bonds. The lowest BCUT2D eigenvalue weighted by atomic mass is 9.76. The van der Waals surface area contributed by atoms with Crippen molar-refractivity contribution < 1.29 is 14.7 Å². The van der Waals surface area contributed by atoms with Crippen LogP contribution in [0.15, 0.2) is 24.3 Å². The molecule has 5 nitrogen and oxygen atoms in total. The summed E-state index contributed by atoms with van der Waals surface area (Å²) in [5.41, 5.74) is 2.76. The van der Waals surface area contributed by atoms with Crippen LogP contribution in [-0.2, 0) is 19.4 Å². The number of hydrogen-bond donors (Lipinski definition) is 2. The Morgan fingerprint density at radius 1 is 1.29 bits per heavy atom. The van der Waals surface area contributed by atoms with E-state index >= 15 is 0 Å². The van der Waals surface area contributed by atoms with Gasteiger partial charge in [-0.25, -0.2) is 4.79 Å². The van der Waals surface area contributed by atoms with Gasteiger partial charge in [0.2, 0.25) is 0 Å². The van der Waals surface area contributed by atoms with Crippen LogP contribution in [-0.4, -0.2) is 35.5 Å². The maximum atomic E-state index is 13.0. The predicted octanol–water partition coefficient (Wildman–Crippen LogP) is 4.67. The first-order valence-electron chi connectivity index (χ1n) is 9.67. The molecule has 2 N–H and O–H groups in total. The Bertz CT molecular complexity index is 901. The molecular weight excluding hydrogens is 372 g/mol. The average Bonchev–Trinajstić information content (AvgIpc) is 2.97. The number of carbonyl (C=O) groups excluding carboxylic acids is 1. The summed E-state index contributed by atoms with van der Waals surface area (Å²) in [5.74, 6) is -1.22. The normalized spacial score (nSPS) is 15.3. The van der Waals surface area contributed by atoms with Crippen molar-refractivity contribution in [3.8, 4) is 0 Å². The molecular formula is C22H28N2O3S. The largest absolute Gasteiger partial charge is 0.478 e. The van der Waals surface area contributed by atoms with E-state index in [1.807, 2.05) is 25.2 Å². The maximum absolute atomic E-state index is 13.0. The number of carbonyl (C=O) groups is 2. The second kappa shape index (κ2) is 8.05. The molecule has 1 heterocycles. The molecule has 1 aromatic heterocycles. The van der Waals surface area contributed by atoms with E-state index in [9.17, 15) is 14.7 Å². The highest BCUT2D eigenvalue weighted by Gasteiger charge is 2.33. The molecule has 0 saturated carbocycles. The second-order valence-corrected chi connectivity index (χ2v) is 9.40. The zero-order valence-corrected chi connectivity index (χ0v) is 17.8. The van der Waals surface area contributed by atoms with Crippen LogP contribution in [0.5, 0.6) is 0 Å². The Morgan fingerprint density at radius 2 is 2.00 bits per heavy atom. The van der Waals surface area contributed by atoms with Crippen LogP contribution in [0.3, 0.4) is 0 Å². The molecule has 0 fully saturated rings. The van der Waals surface area contributed by atoms with Gasteiger partial charge in [-0.15, -0.1) is 11.3 Å². The number of nitrogens with zero attached hydrogens (tertiary/aromatic N) is 1. The van der Waals surface area contributed by atoms with Crippen LogP contribution < -0.4 is 5.32 Å². The van der Waals surface area contributed by atoms with Crippen molar-refractivity contribution in [2.45, 2.75) is 46.6 Å². The fraction of sp³-hybridized carbons (Fsp3) is 0.455. The summed E-state index contributed by atoms with van der Waals surface area (Å²) in [4.78, 5) is 28.2. The molecule has 0 atom stereocenters. The highest BCUT2D eigenvalue weighted by Crippen LogP contribution is 2.43. The lowest BCUT2D eigenvalue weighted by Crippen LogP contribution is -2.23. The monoisotopic (exact) mass is 400 g/mol. The van der Waals surface area contributed by atoms with Gasteiger partial charge in [0.05, 0.1) is 5.56 Å². The van der Waals surface area contributed by atoms with Crippen LogP contribution >= 0.6 is 11.3 Å². The number of rotatable bonds is 6. The van der Waals surface area contributed by atoms with Gasteiger partial charge in [-0.05, 0) is 55.5 Å². The number of aryl methyl sites for hydroxylation is 1. The van der Waals surface area contributed by atoms with Gasteiger partial charge in [-0.1, -0.05) is 39.0 Å². The van der Waals surface area contributed by atoms with Gasteiger partial charge >= 0.3 is 5.97 Å². The van der Waals surface area contributed by atoms with Crippen LogP contribution in [0.4, 0.5) is 5.00 Å². The summed E-state index contributed by atoms with van der Waals surface area (Å²) in [6.45, 7) is 7.95. The molecule has 1 aliphatic rings. The van der Waals surface area contributed by atoms with Crippen molar-refractivity contribution in [2.75, 3.05) is 18.9 Å². The molecule has 0 unspecified atom stereocenters. The van der Waals surface area contributed by atoms with Gasteiger partial charge in [0.15, 0.2) is 0 Å². The topological polar surface area (TPSA) is 69.6 Å². The lowest BCUT2D eigenvalue weighted by Gasteiger charge is -2.29. The molecule has 3 rings (SSSR count). The molecule has 0 aliphatic heterocycles. The van der Waals surface area contributed by atoms with Gasteiger partial charge in [-0.3, -0.25) is 4.79 Å². The van der Waals surface area contributed by atoms with Crippen molar-refractivity contribution in [2.24, 2.45) is 5.41 Å². The number of thiophene rings is 1. The van der Waals surface area contributed by atoms with E-state index in [4.69, 9.17) is 0 Å². The van der Waals surface area contributed by atoms with Gasteiger partial charge < -0.3 is 15.3 Å². The quantitative estimate of drug-likeness (QED) is 0.740. The first-order valence-corrected chi connectivity index (χ1v) is 10.5. The van der Waals surface area contributed by atoms with Crippen LogP contribution in [0.2, 0.25) is 0 Å². The molecule has 0 bridgehead atoms. The third-order valence-electron chi connectivity index (χ3n) is 5.46. The Hall–Kier alpha value is -2.18. The molecule has 1 aromatic carbocycles. The van der Waals surface area contributed by atoms with Crippen LogP contribution in [0.1, 0.15) is 63.9 Å². The number of anilines is 1. The Kier molecular flexibility index (Phi) is 5.91. The summed E-state index contributed by atoms with van der Waals surface area (Å²) in [7, 11) is 2.01. The molecule has 28 heavy (non-hydrogen) atoms. The van der Waals surface area contributed by atoms with E-state index in [2.05, 4.69) is 31.0 Å². The van der Waals surface area contributed by atoms with Gasteiger partial charge in [-0.2, -0.15) is 0 Å². The van der Waals surface area contributed by atoms with Crippen molar-refractivity contribution in [1.82, 2.24) is 4.90 Å². The second-order valence-electron chi connectivity index (χ2n) is 8.30. The smallest absolute Gasteiger partial charge is 0.339 e. The number of nitrogens with one attached hydrogen (secondary N) is 1. The molecule has 150 valence electrons. The summed E-state index contributed by atoms with van der Waals surface area (Å²) in [5, 5.41) is 13.2. The standard InChI is InChI=1S/C22H28N2O3S/c1-5-24(4)13-14-8-6-7-9-15(14)19(25)23-20-18(21(26)27)16-12-22(2,3)11-10-17(16)28-20/h6-9H,5,10-13H2,1-4H3,(H,23,25)(H,26,27). The number of fused-ring (bicyclic) bond motifs is 1. The minimum atomic E-state index is -0.968. The average molecular weight is 401 g/mol. The first-order chi connectivity index (χ1) is 13.2. The number of benzene rings is 1. The van der Waals surface area contributed by atoms with E-state index < -0.39 is 5.97 Å². The maximum Gasteiger partial charge on any atom is 0.339 e. The Labute approximate surface area is 170 Å².